The number of carbonyl (C=O) groups excluding carboxylic acids is 2. The summed E-state index contributed by atoms with van der Waals surface area (Å²) in [6, 6.07) is 11.6. The number of hydrogen-bond donors (Lipinski definition) is 4. The molecular weight excluding hydrogens is 435 g/mol. The zero-order valence-electron chi connectivity index (χ0n) is 18.9. The predicted octanol–water partition coefficient (Wildman–Crippen LogP) is 2.59. The van der Waals surface area contributed by atoms with Crippen LogP contribution in [0, 0.1) is 12.7 Å². The molecule has 1 aromatic heterocycles. The maximum Gasteiger partial charge on any atom is 0.274 e. The number of aryl methyl sites for hydroxylation is 1. The van der Waals surface area contributed by atoms with Crippen molar-refractivity contribution in [3.8, 4) is 11.3 Å². The van der Waals surface area contributed by atoms with Crippen LogP contribution in [0.25, 0.3) is 11.3 Å². The van der Waals surface area contributed by atoms with Crippen molar-refractivity contribution in [3.63, 3.8) is 0 Å². The highest BCUT2D eigenvalue weighted by Gasteiger charge is 2.20. The van der Waals surface area contributed by atoms with Crippen LogP contribution in [0.1, 0.15) is 44.8 Å². The van der Waals surface area contributed by atoms with E-state index in [1.165, 1.54) is 12.3 Å². The Morgan fingerprint density at radius 2 is 2.06 bits per heavy atom. The molecule has 0 radical (unpaired) electrons. The summed E-state index contributed by atoms with van der Waals surface area (Å²) < 4.78 is 13.5. The Morgan fingerprint density at radius 1 is 1.21 bits per heavy atom. The number of halogens is 1. The molecule has 1 aliphatic rings. The molecule has 3 aromatic rings. The molecule has 0 spiro atoms. The lowest BCUT2D eigenvalue weighted by Crippen LogP contribution is -2.46. The number of piperidine rings is 1. The second kappa shape index (κ2) is 10.4. The van der Waals surface area contributed by atoms with Gasteiger partial charge in [0.1, 0.15) is 5.82 Å². The molecule has 176 valence electrons. The summed E-state index contributed by atoms with van der Waals surface area (Å²) >= 11 is 0. The fourth-order valence-electron chi connectivity index (χ4n) is 3.85. The first-order valence-electron chi connectivity index (χ1n) is 11.2. The second-order valence-corrected chi connectivity index (χ2v) is 8.35. The van der Waals surface area contributed by atoms with Gasteiger partial charge in [-0.25, -0.2) is 14.4 Å². The van der Waals surface area contributed by atoms with Crippen LogP contribution in [0.4, 0.5) is 10.2 Å². The Morgan fingerprint density at radius 3 is 2.82 bits per heavy atom. The molecule has 1 atom stereocenters. The number of rotatable bonds is 6. The average Bonchev–Trinajstić information content (AvgIpc) is 2.85. The van der Waals surface area contributed by atoms with Crippen molar-refractivity contribution in [2.75, 3.05) is 18.8 Å². The van der Waals surface area contributed by atoms with Gasteiger partial charge in [-0.1, -0.05) is 24.3 Å². The molecule has 4 rings (SSSR count). The van der Waals surface area contributed by atoms with Gasteiger partial charge in [-0.15, -0.1) is 0 Å². The highest BCUT2D eigenvalue weighted by Crippen LogP contribution is 2.20. The van der Waals surface area contributed by atoms with Crippen LogP contribution in [0.5, 0.6) is 0 Å². The normalized spacial score (nSPS) is 15.5. The van der Waals surface area contributed by atoms with E-state index >= 15 is 0 Å². The number of carbonyl (C=O) groups is 2. The predicted molar refractivity (Wildman–Crippen MR) is 128 cm³/mol. The summed E-state index contributed by atoms with van der Waals surface area (Å²) in [6.45, 7) is 3.59. The van der Waals surface area contributed by atoms with E-state index in [1.807, 2.05) is 0 Å². The van der Waals surface area contributed by atoms with Gasteiger partial charge in [0.15, 0.2) is 11.5 Å². The van der Waals surface area contributed by atoms with Crippen LogP contribution in [0.15, 0.2) is 48.7 Å². The third kappa shape index (κ3) is 5.55. The number of nitrogens with one attached hydrogen (secondary N) is 3. The summed E-state index contributed by atoms with van der Waals surface area (Å²) in [7, 11) is 0. The zero-order valence-corrected chi connectivity index (χ0v) is 18.9. The lowest BCUT2D eigenvalue weighted by Gasteiger charge is -2.23. The topological polar surface area (TPSA) is 122 Å². The van der Waals surface area contributed by atoms with Crippen molar-refractivity contribution in [3.05, 3.63) is 76.9 Å². The van der Waals surface area contributed by atoms with E-state index in [4.69, 9.17) is 5.73 Å². The van der Waals surface area contributed by atoms with Crippen LogP contribution < -0.4 is 21.7 Å². The summed E-state index contributed by atoms with van der Waals surface area (Å²) in [5.74, 6) is -0.886. The third-order valence-electron chi connectivity index (χ3n) is 5.74. The molecule has 34 heavy (non-hydrogen) atoms. The molecule has 5 N–H and O–H groups in total. The van der Waals surface area contributed by atoms with E-state index in [1.54, 1.807) is 43.3 Å². The lowest BCUT2D eigenvalue weighted by atomic mass is 10.1. The Bertz CT molecular complexity index is 1210. The van der Waals surface area contributed by atoms with Gasteiger partial charge in [0.2, 0.25) is 0 Å². The van der Waals surface area contributed by atoms with Crippen molar-refractivity contribution >= 4 is 17.6 Å². The Hall–Kier alpha value is -3.85. The number of aromatic nitrogens is 2. The monoisotopic (exact) mass is 462 g/mol. The number of nitrogens with zero attached hydrogens (tertiary/aromatic N) is 2. The Balaban J connectivity index is 1.48. The molecule has 0 aliphatic carbocycles. The number of hydrogen-bond acceptors (Lipinski definition) is 6. The molecular formula is C25H27FN6O2. The maximum absolute atomic E-state index is 13.5. The van der Waals surface area contributed by atoms with E-state index in [-0.39, 0.29) is 41.7 Å². The highest BCUT2D eigenvalue weighted by atomic mass is 19.1. The molecule has 9 heteroatoms. The van der Waals surface area contributed by atoms with Crippen molar-refractivity contribution in [2.24, 2.45) is 0 Å². The summed E-state index contributed by atoms with van der Waals surface area (Å²) in [6.07, 6.45) is 3.36. The van der Waals surface area contributed by atoms with Gasteiger partial charge in [0.05, 0.1) is 11.9 Å². The molecule has 2 heterocycles. The number of nitrogen functional groups attached to an aromatic ring is 1. The van der Waals surface area contributed by atoms with E-state index in [0.29, 0.717) is 28.9 Å². The molecule has 1 aliphatic heterocycles. The first-order chi connectivity index (χ1) is 16.4. The summed E-state index contributed by atoms with van der Waals surface area (Å²) in [5.41, 5.74) is 8.81. The van der Waals surface area contributed by atoms with Crippen LogP contribution in [0.3, 0.4) is 0 Å². The number of benzene rings is 2. The first-order valence-corrected chi connectivity index (χ1v) is 11.2. The number of nitrogens with two attached hydrogens (primary N) is 1. The maximum atomic E-state index is 13.5. The Labute approximate surface area is 197 Å². The molecule has 1 saturated heterocycles. The van der Waals surface area contributed by atoms with Crippen LogP contribution >= 0.6 is 0 Å². The minimum absolute atomic E-state index is 0.0167. The van der Waals surface area contributed by atoms with Gasteiger partial charge < -0.3 is 21.7 Å². The fraction of sp³-hybridized carbons (Fsp3) is 0.280. The van der Waals surface area contributed by atoms with Crippen molar-refractivity contribution in [2.45, 2.75) is 32.4 Å². The van der Waals surface area contributed by atoms with E-state index in [0.717, 1.165) is 24.9 Å². The van der Waals surface area contributed by atoms with E-state index in [2.05, 4.69) is 25.9 Å². The van der Waals surface area contributed by atoms with Crippen LogP contribution in [-0.4, -0.2) is 40.9 Å². The molecule has 2 aromatic carbocycles. The molecule has 1 fully saturated rings. The summed E-state index contributed by atoms with van der Waals surface area (Å²) in [4.78, 5) is 34.0. The van der Waals surface area contributed by atoms with Crippen LogP contribution in [-0.2, 0) is 6.54 Å². The van der Waals surface area contributed by atoms with Gasteiger partial charge in [-0.3, -0.25) is 9.59 Å². The van der Waals surface area contributed by atoms with Gasteiger partial charge >= 0.3 is 0 Å². The molecule has 8 nitrogen and oxygen atoms in total. The van der Waals surface area contributed by atoms with Gasteiger partial charge in [0, 0.05) is 30.3 Å². The molecule has 0 bridgehead atoms. The van der Waals surface area contributed by atoms with Crippen molar-refractivity contribution in [1.29, 1.82) is 0 Å². The zero-order chi connectivity index (χ0) is 24.1. The van der Waals surface area contributed by atoms with Crippen molar-refractivity contribution in [1.82, 2.24) is 25.9 Å². The average molecular weight is 463 g/mol. The highest BCUT2D eigenvalue weighted by molar-refractivity contribution is 5.97. The number of anilines is 1. The van der Waals surface area contributed by atoms with Gasteiger partial charge in [-0.05, 0) is 55.6 Å². The first kappa shape index (κ1) is 23.3. The van der Waals surface area contributed by atoms with Crippen LogP contribution in [0.2, 0.25) is 0 Å². The Kier molecular flexibility index (Phi) is 7.12. The quantitative estimate of drug-likeness (QED) is 0.447. The smallest absolute Gasteiger partial charge is 0.274 e. The summed E-state index contributed by atoms with van der Waals surface area (Å²) in [5, 5.41) is 9.04. The van der Waals surface area contributed by atoms with E-state index < -0.39 is 0 Å². The van der Waals surface area contributed by atoms with Crippen molar-refractivity contribution < 1.29 is 14.0 Å². The fourth-order valence-corrected chi connectivity index (χ4v) is 3.85. The molecule has 2 amide bonds. The van der Waals surface area contributed by atoms with E-state index in [9.17, 15) is 14.0 Å². The molecule has 1 unspecified atom stereocenters. The lowest BCUT2D eigenvalue weighted by molar-refractivity contribution is 0.0923. The second-order valence-electron chi connectivity index (χ2n) is 8.35. The number of amides is 2. The minimum atomic E-state index is -0.371. The van der Waals surface area contributed by atoms with Gasteiger partial charge in [-0.2, -0.15) is 0 Å². The standard InChI is InChI=1S/C25H27FN6O2/c1-15-10-16(7-8-20(15)26)12-30-24(33)18-5-2-4-17(11-18)21-14-29-23(27)22(32-21)25(34)31-19-6-3-9-28-13-19/h2,4-5,7-8,10-11,14,19,28H,3,6,9,12-13H2,1H3,(H2,27,29)(H,30,33)(H,31,34). The SMILES string of the molecule is Cc1cc(CNC(=O)c2cccc(-c3cnc(N)c(C(=O)NC4CCCNC4)n3)c2)ccc1F. The molecule has 0 saturated carbocycles. The largest absolute Gasteiger partial charge is 0.382 e. The minimum Gasteiger partial charge on any atom is -0.382 e. The van der Waals surface area contributed by atoms with Gasteiger partial charge in [0.25, 0.3) is 11.8 Å². The third-order valence-corrected chi connectivity index (χ3v) is 5.74.